The maximum atomic E-state index is 12.5. The number of rotatable bonds is 7. The number of nitrogens with zero attached hydrogens (tertiary/aromatic N) is 1. The molecule has 132 valence electrons. The minimum absolute atomic E-state index is 0.121. The minimum atomic E-state index is -2.22. The summed E-state index contributed by atoms with van der Waals surface area (Å²) in [6.45, 7) is 5.05. The third kappa shape index (κ3) is 5.80. The average Bonchev–Trinajstić information content (AvgIpc) is 2.52. The molecule has 4 N–H and O–H groups in total. The first-order chi connectivity index (χ1) is 10.7. The predicted molar refractivity (Wildman–Crippen MR) is 81.5 cm³/mol. The first kappa shape index (κ1) is 19.4. The molecule has 1 unspecified atom stereocenters. The van der Waals surface area contributed by atoms with Crippen molar-refractivity contribution in [3.63, 3.8) is 0 Å². The summed E-state index contributed by atoms with van der Waals surface area (Å²) in [5.74, 6) is -2.87. The summed E-state index contributed by atoms with van der Waals surface area (Å²) in [5, 5.41) is 29.8. The fourth-order valence-corrected chi connectivity index (χ4v) is 2.56. The van der Waals surface area contributed by atoms with Crippen LogP contribution >= 0.6 is 0 Å². The first-order valence-electron chi connectivity index (χ1n) is 7.92. The Morgan fingerprint density at radius 3 is 2.09 bits per heavy atom. The molecule has 1 saturated heterocycles. The van der Waals surface area contributed by atoms with E-state index in [0.29, 0.717) is 19.5 Å². The van der Waals surface area contributed by atoms with Gasteiger partial charge in [0.25, 0.3) is 5.91 Å². The van der Waals surface area contributed by atoms with Gasteiger partial charge in [-0.05, 0) is 31.6 Å². The Balaban J connectivity index is 2.75. The molecule has 2 amide bonds. The van der Waals surface area contributed by atoms with Gasteiger partial charge in [0, 0.05) is 13.1 Å². The molecule has 1 aliphatic rings. The summed E-state index contributed by atoms with van der Waals surface area (Å²) in [6, 6.07) is -0.837. The zero-order chi connectivity index (χ0) is 17.6. The van der Waals surface area contributed by atoms with E-state index in [1.165, 1.54) is 0 Å². The van der Waals surface area contributed by atoms with Crippen LogP contribution in [0.5, 0.6) is 0 Å². The molecule has 1 rings (SSSR count). The van der Waals surface area contributed by atoms with E-state index >= 15 is 0 Å². The van der Waals surface area contributed by atoms with Crippen LogP contribution in [-0.4, -0.2) is 69.3 Å². The lowest BCUT2D eigenvalue weighted by Gasteiger charge is -2.31. The van der Waals surface area contributed by atoms with Crippen LogP contribution in [0.4, 0.5) is 0 Å². The van der Waals surface area contributed by atoms with E-state index < -0.39 is 30.1 Å². The molecule has 3 atom stereocenters. The number of likely N-dealkylation sites (tertiary alicyclic amines) is 1. The lowest BCUT2D eigenvalue weighted by Crippen LogP contribution is -2.54. The van der Waals surface area contributed by atoms with Gasteiger partial charge >= 0.3 is 5.97 Å². The molecule has 0 spiro atoms. The van der Waals surface area contributed by atoms with Crippen molar-refractivity contribution in [2.75, 3.05) is 13.1 Å². The molecule has 1 aliphatic heterocycles. The van der Waals surface area contributed by atoms with E-state index in [1.54, 1.807) is 4.90 Å². The van der Waals surface area contributed by atoms with Gasteiger partial charge < -0.3 is 25.5 Å². The quantitative estimate of drug-likeness (QED) is 0.490. The van der Waals surface area contributed by atoms with E-state index in [0.717, 1.165) is 19.3 Å². The smallest absolute Gasteiger partial charge is 0.335 e. The molecule has 0 radical (unpaired) electrons. The molecule has 1 heterocycles. The van der Waals surface area contributed by atoms with Crippen molar-refractivity contribution in [1.82, 2.24) is 10.2 Å². The molecule has 0 saturated carbocycles. The van der Waals surface area contributed by atoms with Crippen LogP contribution in [0.15, 0.2) is 0 Å². The molecular formula is C15H26N2O6. The third-order valence-electron chi connectivity index (χ3n) is 3.81. The monoisotopic (exact) mass is 330 g/mol. The van der Waals surface area contributed by atoms with Crippen molar-refractivity contribution in [2.45, 2.75) is 57.8 Å². The summed E-state index contributed by atoms with van der Waals surface area (Å²) in [6.07, 6.45) is -1.08. The fraction of sp³-hybridized carbons (Fsp3) is 0.800. The highest BCUT2D eigenvalue weighted by molar-refractivity contribution is 5.92. The third-order valence-corrected chi connectivity index (χ3v) is 3.81. The van der Waals surface area contributed by atoms with Crippen LogP contribution in [0, 0.1) is 5.92 Å². The Labute approximate surface area is 135 Å². The number of aliphatic hydroxyl groups is 2. The van der Waals surface area contributed by atoms with Crippen molar-refractivity contribution in [1.29, 1.82) is 0 Å². The van der Waals surface area contributed by atoms with E-state index in [-0.39, 0.29) is 11.8 Å². The van der Waals surface area contributed by atoms with Crippen molar-refractivity contribution in [3.05, 3.63) is 0 Å². The highest BCUT2D eigenvalue weighted by Crippen LogP contribution is 2.14. The molecule has 0 aliphatic carbocycles. The molecule has 0 aromatic heterocycles. The number of aliphatic carboxylic acids is 1. The predicted octanol–water partition coefficient (Wildman–Crippen LogP) is -0.664. The maximum Gasteiger partial charge on any atom is 0.335 e. The molecule has 8 heteroatoms. The lowest BCUT2D eigenvalue weighted by atomic mass is 10.0. The molecule has 0 bridgehead atoms. The van der Waals surface area contributed by atoms with Gasteiger partial charge in [0.1, 0.15) is 6.04 Å². The summed E-state index contributed by atoms with van der Waals surface area (Å²) >= 11 is 0. The number of hydrogen-bond donors (Lipinski definition) is 4. The van der Waals surface area contributed by atoms with Crippen molar-refractivity contribution < 1.29 is 29.7 Å². The van der Waals surface area contributed by atoms with Gasteiger partial charge in [0.15, 0.2) is 12.2 Å². The van der Waals surface area contributed by atoms with Crippen LogP contribution in [0.1, 0.15) is 39.5 Å². The van der Waals surface area contributed by atoms with Gasteiger partial charge in [-0.1, -0.05) is 13.8 Å². The summed E-state index contributed by atoms with van der Waals surface area (Å²) in [4.78, 5) is 36.8. The summed E-state index contributed by atoms with van der Waals surface area (Å²) < 4.78 is 0. The number of aliphatic hydroxyl groups excluding tert-OH is 2. The largest absolute Gasteiger partial charge is 0.479 e. The van der Waals surface area contributed by atoms with E-state index in [1.807, 2.05) is 13.8 Å². The zero-order valence-electron chi connectivity index (χ0n) is 13.6. The van der Waals surface area contributed by atoms with Crippen LogP contribution in [-0.2, 0) is 14.4 Å². The Bertz CT molecular complexity index is 434. The molecular weight excluding hydrogens is 304 g/mol. The van der Waals surface area contributed by atoms with Crippen LogP contribution in [0.25, 0.3) is 0 Å². The molecule has 1 fully saturated rings. The summed E-state index contributed by atoms with van der Waals surface area (Å²) in [7, 11) is 0. The number of carboxylic acid groups (broad SMARTS) is 1. The molecule has 0 aromatic rings. The van der Waals surface area contributed by atoms with Crippen molar-refractivity contribution in [2.24, 2.45) is 5.92 Å². The van der Waals surface area contributed by atoms with Gasteiger partial charge in [-0.3, -0.25) is 9.59 Å². The number of carbonyl (C=O) groups excluding carboxylic acids is 2. The van der Waals surface area contributed by atoms with Crippen molar-refractivity contribution in [3.8, 4) is 0 Å². The SMILES string of the molecule is CC(C)CC(NC(=O)[C@@H](O)[C@H](O)C(=O)O)C(=O)N1CCCCC1. The Morgan fingerprint density at radius 2 is 1.61 bits per heavy atom. The van der Waals surface area contributed by atoms with Crippen molar-refractivity contribution >= 4 is 17.8 Å². The number of amides is 2. The Kier molecular flexibility index (Phi) is 7.44. The number of hydrogen-bond acceptors (Lipinski definition) is 5. The van der Waals surface area contributed by atoms with Gasteiger partial charge in [-0.15, -0.1) is 0 Å². The maximum absolute atomic E-state index is 12.5. The second-order valence-electron chi connectivity index (χ2n) is 6.30. The van der Waals surface area contributed by atoms with Crippen LogP contribution in [0.3, 0.4) is 0 Å². The van der Waals surface area contributed by atoms with Crippen LogP contribution in [0.2, 0.25) is 0 Å². The first-order valence-corrected chi connectivity index (χ1v) is 7.92. The number of piperidine rings is 1. The number of carbonyl (C=O) groups is 3. The normalized spacial score (nSPS) is 19.1. The number of carboxylic acids is 1. The fourth-order valence-electron chi connectivity index (χ4n) is 2.56. The summed E-state index contributed by atoms with van der Waals surface area (Å²) in [5.41, 5.74) is 0. The van der Waals surface area contributed by atoms with Crippen LogP contribution < -0.4 is 5.32 Å². The molecule has 0 aromatic carbocycles. The van der Waals surface area contributed by atoms with Gasteiger partial charge in [0.2, 0.25) is 5.91 Å². The van der Waals surface area contributed by atoms with Gasteiger partial charge in [-0.25, -0.2) is 4.79 Å². The topological polar surface area (TPSA) is 127 Å². The zero-order valence-corrected chi connectivity index (χ0v) is 13.6. The average molecular weight is 330 g/mol. The Morgan fingerprint density at radius 1 is 1.04 bits per heavy atom. The van der Waals surface area contributed by atoms with Gasteiger partial charge in [0.05, 0.1) is 0 Å². The van der Waals surface area contributed by atoms with E-state index in [4.69, 9.17) is 5.11 Å². The Hall–Kier alpha value is -1.67. The highest BCUT2D eigenvalue weighted by Gasteiger charge is 2.34. The minimum Gasteiger partial charge on any atom is -0.479 e. The second kappa shape index (κ2) is 8.83. The van der Waals surface area contributed by atoms with Gasteiger partial charge in [-0.2, -0.15) is 0 Å². The second-order valence-corrected chi connectivity index (χ2v) is 6.30. The molecule has 23 heavy (non-hydrogen) atoms. The molecule has 8 nitrogen and oxygen atoms in total. The van der Waals surface area contributed by atoms with E-state index in [9.17, 15) is 24.6 Å². The lowest BCUT2D eigenvalue weighted by molar-refractivity contribution is -0.158. The standard InChI is InChI=1S/C15H26N2O6/c1-9(2)8-10(14(21)17-6-4-3-5-7-17)16-13(20)11(18)12(19)15(22)23/h9-12,18-19H,3-8H2,1-2H3,(H,16,20)(H,22,23)/t10?,11-,12-/m0/s1. The highest BCUT2D eigenvalue weighted by atomic mass is 16.4. The van der Waals surface area contributed by atoms with E-state index in [2.05, 4.69) is 5.32 Å². The number of nitrogens with one attached hydrogen (secondary N) is 1.